The lowest BCUT2D eigenvalue weighted by atomic mass is 10.2. The van der Waals surface area contributed by atoms with Gasteiger partial charge >= 0.3 is 0 Å². The highest BCUT2D eigenvalue weighted by Crippen LogP contribution is 2.14. The molecule has 2 aromatic carbocycles. The van der Waals surface area contributed by atoms with Crippen LogP contribution in [0, 0.1) is 0 Å². The second kappa shape index (κ2) is 11.5. The number of rotatable bonds is 12. The van der Waals surface area contributed by atoms with Gasteiger partial charge in [0.15, 0.2) is 0 Å². The fourth-order valence-electron chi connectivity index (χ4n) is 2.69. The highest BCUT2D eigenvalue weighted by Gasteiger charge is 1.98. The minimum absolute atomic E-state index is 0.818. The Bertz CT molecular complexity index is 578. The number of ether oxygens (including phenoxy) is 2. The maximum absolute atomic E-state index is 5.80. The van der Waals surface area contributed by atoms with Crippen molar-refractivity contribution in [3.8, 4) is 11.5 Å². The van der Waals surface area contributed by atoms with Gasteiger partial charge in [-0.15, -0.1) is 0 Å². The first-order valence-corrected chi connectivity index (χ1v) is 9.37. The Morgan fingerprint density at radius 2 is 1.28 bits per heavy atom. The molecule has 0 saturated heterocycles. The molecule has 0 aliphatic heterocycles. The summed E-state index contributed by atoms with van der Waals surface area (Å²) >= 11 is 0. The summed E-state index contributed by atoms with van der Waals surface area (Å²) in [7, 11) is 1.69. The van der Waals surface area contributed by atoms with E-state index in [0.29, 0.717) is 0 Å². The summed E-state index contributed by atoms with van der Waals surface area (Å²) in [5, 5.41) is 3.47. The van der Waals surface area contributed by atoms with Crippen LogP contribution in [0.4, 0.5) is 0 Å². The van der Waals surface area contributed by atoms with Crippen LogP contribution in [0.1, 0.15) is 50.2 Å². The molecule has 0 heterocycles. The van der Waals surface area contributed by atoms with E-state index in [1.54, 1.807) is 7.11 Å². The highest BCUT2D eigenvalue weighted by atomic mass is 16.5. The molecule has 25 heavy (non-hydrogen) atoms. The minimum atomic E-state index is 0.818. The van der Waals surface area contributed by atoms with Gasteiger partial charge in [0, 0.05) is 13.1 Å². The van der Waals surface area contributed by atoms with Crippen molar-refractivity contribution in [2.45, 2.75) is 52.1 Å². The molecule has 3 heteroatoms. The number of hydrogen-bond donors (Lipinski definition) is 1. The first-order valence-electron chi connectivity index (χ1n) is 9.37. The minimum Gasteiger partial charge on any atom is -0.497 e. The Morgan fingerprint density at radius 1 is 0.720 bits per heavy atom. The molecule has 3 nitrogen and oxygen atoms in total. The molecule has 2 aromatic rings. The van der Waals surface area contributed by atoms with Gasteiger partial charge in [0.25, 0.3) is 0 Å². The van der Waals surface area contributed by atoms with Gasteiger partial charge in [0.05, 0.1) is 13.7 Å². The van der Waals surface area contributed by atoms with Crippen LogP contribution in [0.5, 0.6) is 11.5 Å². The van der Waals surface area contributed by atoms with Crippen LogP contribution < -0.4 is 14.8 Å². The molecular weight excluding hydrogens is 310 g/mol. The average molecular weight is 341 g/mol. The van der Waals surface area contributed by atoms with Crippen molar-refractivity contribution < 1.29 is 9.47 Å². The Kier molecular flexibility index (Phi) is 8.92. The normalized spacial score (nSPS) is 10.6. The van der Waals surface area contributed by atoms with Gasteiger partial charge < -0.3 is 14.8 Å². The zero-order chi connectivity index (χ0) is 17.7. The smallest absolute Gasteiger partial charge is 0.119 e. The quantitative estimate of drug-likeness (QED) is 0.529. The van der Waals surface area contributed by atoms with E-state index in [2.05, 4.69) is 48.6 Å². The van der Waals surface area contributed by atoms with E-state index >= 15 is 0 Å². The predicted octanol–water partition coefficient (Wildman–Crippen LogP) is 5.33. The lowest BCUT2D eigenvalue weighted by Gasteiger charge is -2.09. The van der Waals surface area contributed by atoms with Gasteiger partial charge in [-0.1, -0.05) is 56.9 Å². The molecule has 0 aromatic heterocycles. The first kappa shape index (κ1) is 19.3. The van der Waals surface area contributed by atoms with Crippen LogP contribution in [0.3, 0.4) is 0 Å². The van der Waals surface area contributed by atoms with E-state index < -0.39 is 0 Å². The Labute approximate surface area is 152 Å². The van der Waals surface area contributed by atoms with E-state index in [1.165, 1.54) is 36.8 Å². The van der Waals surface area contributed by atoms with Gasteiger partial charge in [0.2, 0.25) is 0 Å². The van der Waals surface area contributed by atoms with Crippen LogP contribution in [-0.2, 0) is 13.1 Å². The third-order valence-electron chi connectivity index (χ3n) is 4.26. The van der Waals surface area contributed by atoms with E-state index in [9.17, 15) is 0 Å². The molecule has 0 radical (unpaired) electrons. The number of unbranched alkanes of at least 4 members (excludes halogenated alkanes) is 4. The number of hydrogen-bond acceptors (Lipinski definition) is 3. The van der Waals surface area contributed by atoms with Crippen LogP contribution in [0.25, 0.3) is 0 Å². The molecule has 0 fully saturated rings. The second-order valence-electron chi connectivity index (χ2n) is 6.36. The molecule has 136 valence electrons. The first-order chi connectivity index (χ1) is 12.3. The zero-order valence-electron chi connectivity index (χ0n) is 15.6. The number of benzene rings is 2. The van der Waals surface area contributed by atoms with Crippen LogP contribution in [0.2, 0.25) is 0 Å². The molecule has 0 saturated carbocycles. The third-order valence-corrected chi connectivity index (χ3v) is 4.26. The monoisotopic (exact) mass is 341 g/mol. The average Bonchev–Trinajstić information content (AvgIpc) is 2.66. The Hall–Kier alpha value is -2.00. The molecule has 0 aliphatic rings. The van der Waals surface area contributed by atoms with Gasteiger partial charge in [-0.2, -0.15) is 0 Å². The summed E-state index contributed by atoms with van der Waals surface area (Å²) in [5.41, 5.74) is 2.52. The van der Waals surface area contributed by atoms with Gasteiger partial charge in [-0.25, -0.2) is 0 Å². The molecule has 0 atom stereocenters. The molecule has 0 bridgehead atoms. The molecule has 1 N–H and O–H groups in total. The molecular formula is C22H31NO2. The maximum Gasteiger partial charge on any atom is 0.119 e. The Morgan fingerprint density at radius 3 is 1.84 bits per heavy atom. The van der Waals surface area contributed by atoms with Crippen molar-refractivity contribution in [2.75, 3.05) is 13.7 Å². The van der Waals surface area contributed by atoms with Gasteiger partial charge in [-0.05, 0) is 41.8 Å². The maximum atomic E-state index is 5.80. The summed E-state index contributed by atoms with van der Waals surface area (Å²) in [6.07, 6.45) is 6.35. The fraction of sp³-hybridized carbons (Fsp3) is 0.455. The SMILES string of the molecule is CCCCCCCOc1ccc(CNCc2ccc(OC)cc2)cc1. The van der Waals surface area contributed by atoms with Gasteiger partial charge in [-0.3, -0.25) is 0 Å². The van der Waals surface area contributed by atoms with E-state index in [-0.39, 0.29) is 0 Å². The van der Waals surface area contributed by atoms with Crippen LogP contribution in [0.15, 0.2) is 48.5 Å². The predicted molar refractivity (Wildman–Crippen MR) is 104 cm³/mol. The fourth-order valence-corrected chi connectivity index (χ4v) is 2.69. The molecule has 0 aliphatic carbocycles. The number of methoxy groups -OCH3 is 1. The van der Waals surface area contributed by atoms with Crippen molar-refractivity contribution >= 4 is 0 Å². The summed E-state index contributed by atoms with van der Waals surface area (Å²) in [6, 6.07) is 16.6. The van der Waals surface area contributed by atoms with Crippen molar-refractivity contribution in [1.82, 2.24) is 5.32 Å². The second-order valence-corrected chi connectivity index (χ2v) is 6.36. The van der Waals surface area contributed by atoms with Crippen molar-refractivity contribution in [3.05, 3.63) is 59.7 Å². The molecule has 0 unspecified atom stereocenters. The van der Waals surface area contributed by atoms with Crippen molar-refractivity contribution in [1.29, 1.82) is 0 Å². The van der Waals surface area contributed by atoms with Crippen molar-refractivity contribution in [2.24, 2.45) is 0 Å². The van der Waals surface area contributed by atoms with Crippen molar-refractivity contribution in [3.63, 3.8) is 0 Å². The summed E-state index contributed by atoms with van der Waals surface area (Å²) in [5.74, 6) is 1.86. The molecule has 2 rings (SSSR count). The molecule has 0 amide bonds. The summed E-state index contributed by atoms with van der Waals surface area (Å²) in [4.78, 5) is 0. The van der Waals surface area contributed by atoms with E-state index in [4.69, 9.17) is 9.47 Å². The van der Waals surface area contributed by atoms with Gasteiger partial charge in [0.1, 0.15) is 11.5 Å². The summed E-state index contributed by atoms with van der Waals surface area (Å²) < 4.78 is 11.0. The number of nitrogens with one attached hydrogen (secondary N) is 1. The topological polar surface area (TPSA) is 30.5 Å². The Balaban J connectivity index is 1.64. The summed E-state index contributed by atoms with van der Waals surface area (Å²) in [6.45, 7) is 4.76. The van der Waals surface area contributed by atoms with E-state index in [1.807, 2.05) is 12.1 Å². The zero-order valence-corrected chi connectivity index (χ0v) is 15.6. The molecule has 0 spiro atoms. The largest absolute Gasteiger partial charge is 0.497 e. The third kappa shape index (κ3) is 7.61. The van der Waals surface area contributed by atoms with Crippen LogP contribution in [-0.4, -0.2) is 13.7 Å². The van der Waals surface area contributed by atoms with E-state index in [0.717, 1.165) is 37.6 Å². The lowest BCUT2D eigenvalue weighted by Crippen LogP contribution is -2.12. The lowest BCUT2D eigenvalue weighted by molar-refractivity contribution is 0.304. The van der Waals surface area contributed by atoms with Crippen LogP contribution >= 0.6 is 0 Å². The highest BCUT2D eigenvalue weighted by molar-refractivity contribution is 5.28. The standard InChI is InChI=1S/C22H31NO2/c1-3-4-5-6-7-16-25-22-14-10-20(11-15-22)18-23-17-19-8-12-21(24-2)13-9-19/h8-15,23H,3-7,16-18H2,1-2H3.